The zero-order valence-corrected chi connectivity index (χ0v) is 16.9. The van der Waals surface area contributed by atoms with Crippen molar-refractivity contribution in [1.29, 1.82) is 0 Å². The molecule has 1 aromatic rings. The Morgan fingerprint density at radius 3 is 2.47 bits per heavy atom. The maximum Gasteiger partial charge on any atom is 0.221 e. The summed E-state index contributed by atoms with van der Waals surface area (Å²) in [6, 6.07) is 3.20. The van der Waals surface area contributed by atoms with Gasteiger partial charge in [0.15, 0.2) is 11.6 Å². The first-order valence-corrected chi connectivity index (χ1v) is 9.88. The minimum Gasteiger partial charge on any atom is -0.507 e. The van der Waals surface area contributed by atoms with Crippen LogP contribution in [0.4, 0.5) is 5.69 Å². The van der Waals surface area contributed by atoms with Crippen molar-refractivity contribution in [1.82, 2.24) is 0 Å². The van der Waals surface area contributed by atoms with Gasteiger partial charge in [-0.05, 0) is 49.7 Å². The lowest BCUT2D eigenvalue weighted by Gasteiger charge is -2.39. The molecule has 8 nitrogen and oxygen atoms in total. The largest absolute Gasteiger partial charge is 0.507 e. The first-order valence-electron chi connectivity index (χ1n) is 9.88. The molecule has 0 bridgehead atoms. The molecular formula is C22H25NO7. The lowest BCUT2D eigenvalue weighted by atomic mass is 9.63. The van der Waals surface area contributed by atoms with Crippen LogP contribution in [0.25, 0.3) is 5.76 Å². The van der Waals surface area contributed by atoms with Crippen LogP contribution in [0.3, 0.4) is 0 Å². The number of ketones is 3. The normalized spacial score (nSPS) is 22.9. The van der Waals surface area contributed by atoms with E-state index in [4.69, 9.17) is 0 Å². The van der Waals surface area contributed by atoms with Crippen molar-refractivity contribution in [2.24, 2.45) is 17.8 Å². The lowest BCUT2D eigenvalue weighted by Crippen LogP contribution is -2.43. The highest BCUT2D eigenvalue weighted by Gasteiger charge is 2.47. The summed E-state index contributed by atoms with van der Waals surface area (Å²) in [7, 11) is 0. The van der Waals surface area contributed by atoms with Crippen LogP contribution in [-0.2, 0) is 25.6 Å². The second-order valence-corrected chi connectivity index (χ2v) is 8.04. The molecule has 0 spiro atoms. The van der Waals surface area contributed by atoms with Gasteiger partial charge in [-0.15, -0.1) is 0 Å². The number of benzene rings is 1. The monoisotopic (exact) mass is 415 g/mol. The molecule has 0 saturated heterocycles. The zero-order chi connectivity index (χ0) is 22.2. The summed E-state index contributed by atoms with van der Waals surface area (Å²) >= 11 is 0. The van der Waals surface area contributed by atoms with Gasteiger partial charge in [-0.2, -0.15) is 0 Å². The first kappa shape index (κ1) is 21.7. The molecule has 2 aliphatic rings. The van der Waals surface area contributed by atoms with E-state index in [2.05, 4.69) is 5.32 Å². The minimum absolute atomic E-state index is 0.0638. The molecule has 0 aromatic heterocycles. The van der Waals surface area contributed by atoms with E-state index in [1.807, 2.05) is 0 Å². The Hall–Kier alpha value is -3.00. The predicted molar refractivity (Wildman–Crippen MR) is 108 cm³/mol. The van der Waals surface area contributed by atoms with Crippen molar-refractivity contribution in [3.8, 4) is 5.75 Å². The third-order valence-corrected chi connectivity index (χ3v) is 5.82. The highest BCUT2D eigenvalue weighted by Crippen LogP contribution is 2.48. The second-order valence-electron chi connectivity index (χ2n) is 8.04. The Bertz CT molecular complexity index is 962. The fourth-order valence-corrected chi connectivity index (χ4v) is 4.67. The topological polar surface area (TPSA) is 141 Å². The van der Waals surface area contributed by atoms with Crippen LogP contribution in [0.15, 0.2) is 17.7 Å². The quantitative estimate of drug-likeness (QED) is 0.411. The van der Waals surface area contributed by atoms with Gasteiger partial charge in [0.25, 0.3) is 0 Å². The lowest BCUT2D eigenvalue weighted by molar-refractivity contribution is -0.137. The standard InChI is InChI=1S/C22H25NO7/c1-10(25)7-16(27)17-13(5-6-24)9-14-8-12-3-4-15(23-11(2)26)20(28)18(12)22(30)19(14)21(17)29/h3-4,13-14,17,24,28,30H,5-9H2,1-2H3,(H,23,26). The van der Waals surface area contributed by atoms with E-state index >= 15 is 0 Å². The van der Waals surface area contributed by atoms with Crippen LogP contribution >= 0.6 is 0 Å². The van der Waals surface area contributed by atoms with E-state index in [1.54, 1.807) is 6.07 Å². The molecule has 0 radical (unpaired) electrons. The Balaban J connectivity index is 2.08. The molecule has 8 heteroatoms. The molecule has 3 atom stereocenters. The van der Waals surface area contributed by atoms with Crippen molar-refractivity contribution in [2.75, 3.05) is 11.9 Å². The Morgan fingerprint density at radius 1 is 1.17 bits per heavy atom. The van der Waals surface area contributed by atoms with E-state index in [9.17, 15) is 34.5 Å². The summed E-state index contributed by atoms with van der Waals surface area (Å²) in [5.41, 5.74) is 0.863. The van der Waals surface area contributed by atoms with Crippen LogP contribution in [-0.4, -0.2) is 45.2 Å². The van der Waals surface area contributed by atoms with E-state index in [0.29, 0.717) is 18.4 Å². The van der Waals surface area contributed by atoms with Gasteiger partial charge in [0.1, 0.15) is 17.3 Å². The summed E-state index contributed by atoms with van der Waals surface area (Å²) in [4.78, 5) is 48.7. The molecule has 30 heavy (non-hydrogen) atoms. The molecule has 2 aliphatic carbocycles. The first-order chi connectivity index (χ1) is 14.1. The summed E-state index contributed by atoms with van der Waals surface area (Å²) in [5, 5.41) is 33.4. The third kappa shape index (κ3) is 3.87. The molecule has 1 saturated carbocycles. The van der Waals surface area contributed by atoms with Crippen LogP contribution in [0.5, 0.6) is 5.75 Å². The van der Waals surface area contributed by atoms with Gasteiger partial charge >= 0.3 is 0 Å². The number of carbonyl (C=O) groups excluding carboxylic acids is 4. The highest BCUT2D eigenvalue weighted by atomic mass is 16.3. The molecule has 3 rings (SSSR count). The average Bonchev–Trinajstić information content (AvgIpc) is 2.63. The maximum atomic E-state index is 13.3. The van der Waals surface area contributed by atoms with Crippen LogP contribution < -0.4 is 5.32 Å². The number of phenols is 1. The van der Waals surface area contributed by atoms with Gasteiger partial charge in [-0.1, -0.05) is 6.07 Å². The fraction of sp³-hybridized carbons (Fsp3) is 0.455. The second kappa shape index (κ2) is 8.39. The van der Waals surface area contributed by atoms with Crippen molar-refractivity contribution in [3.05, 3.63) is 28.8 Å². The number of aliphatic hydroxyl groups excluding tert-OH is 2. The van der Waals surface area contributed by atoms with Gasteiger partial charge in [-0.25, -0.2) is 0 Å². The van der Waals surface area contributed by atoms with Gasteiger partial charge in [0.2, 0.25) is 5.91 Å². The van der Waals surface area contributed by atoms with E-state index < -0.39 is 35.1 Å². The van der Waals surface area contributed by atoms with Crippen molar-refractivity contribution in [3.63, 3.8) is 0 Å². The number of rotatable bonds is 6. The molecule has 1 fully saturated rings. The Morgan fingerprint density at radius 2 is 1.87 bits per heavy atom. The van der Waals surface area contributed by atoms with Gasteiger partial charge < -0.3 is 20.6 Å². The van der Waals surface area contributed by atoms with Crippen molar-refractivity contribution < 1.29 is 34.5 Å². The molecule has 160 valence electrons. The van der Waals surface area contributed by atoms with Crippen LogP contribution in [0.2, 0.25) is 0 Å². The number of Topliss-reactive ketones (excluding diaryl/α,β-unsaturated/α-hetero) is 3. The van der Waals surface area contributed by atoms with E-state index in [0.717, 1.165) is 0 Å². The number of phenolic OH excluding ortho intramolecular Hbond substituents is 1. The number of anilines is 1. The SMILES string of the molecule is CC(=O)CC(=O)C1C(=O)C2=C(O)c3c(ccc(NC(C)=O)c3O)CC2CC1CCO. The highest BCUT2D eigenvalue weighted by molar-refractivity contribution is 6.17. The summed E-state index contributed by atoms with van der Waals surface area (Å²) in [6.07, 6.45) is 0.618. The molecule has 3 unspecified atom stereocenters. The molecular weight excluding hydrogens is 390 g/mol. The number of carbonyl (C=O) groups is 4. The van der Waals surface area contributed by atoms with Gasteiger partial charge in [-0.3, -0.25) is 19.2 Å². The summed E-state index contributed by atoms with van der Waals surface area (Å²) in [6.45, 7) is 2.35. The zero-order valence-electron chi connectivity index (χ0n) is 16.9. The average molecular weight is 415 g/mol. The van der Waals surface area contributed by atoms with Gasteiger partial charge in [0, 0.05) is 19.1 Å². The molecule has 0 heterocycles. The summed E-state index contributed by atoms with van der Waals surface area (Å²) < 4.78 is 0. The minimum atomic E-state index is -1.11. The predicted octanol–water partition coefficient (Wildman–Crippen LogP) is 1.93. The maximum absolute atomic E-state index is 13.3. The number of amides is 1. The number of nitrogens with one attached hydrogen (secondary N) is 1. The number of aromatic hydroxyl groups is 1. The smallest absolute Gasteiger partial charge is 0.221 e. The molecule has 1 aromatic carbocycles. The number of hydrogen-bond donors (Lipinski definition) is 4. The van der Waals surface area contributed by atoms with Gasteiger partial charge in [0.05, 0.1) is 23.6 Å². The van der Waals surface area contributed by atoms with E-state index in [1.165, 1.54) is 19.9 Å². The van der Waals surface area contributed by atoms with E-state index in [-0.39, 0.29) is 53.7 Å². The van der Waals surface area contributed by atoms with Crippen molar-refractivity contribution >= 4 is 34.7 Å². The molecule has 0 aliphatic heterocycles. The molecule has 1 amide bonds. The Kier molecular flexibility index (Phi) is 6.07. The third-order valence-electron chi connectivity index (χ3n) is 5.82. The Labute approximate surface area is 173 Å². The number of fused-ring (bicyclic) bond motifs is 2. The fourth-order valence-electron chi connectivity index (χ4n) is 4.67. The number of hydrogen-bond acceptors (Lipinski definition) is 7. The number of allylic oxidation sites excluding steroid dienone is 1. The van der Waals surface area contributed by atoms with Crippen LogP contribution in [0.1, 0.15) is 44.2 Å². The number of aliphatic hydroxyl groups is 2. The summed E-state index contributed by atoms with van der Waals surface area (Å²) in [5.74, 6) is -4.50. The molecule has 4 N–H and O–H groups in total. The van der Waals surface area contributed by atoms with Crippen LogP contribution in [0, 0.1) is 17.8 Å². The van der Waals surface area contributed by atoms with Crippen molar-refractivity contribution in [2.45, 2.75) is 39.5 Å².